The van der Waals surface area contributed by atoms with Crippen molar-refractivity contribution in [2.45, 2.75) is 37.7 Å². The van der Waals surface area contributed by atoms with Gasteiger partial charge >= 0.3 is 6.03 Å². The molecule has 1 saturated heterocycles. The first-order chi connectivity index (χ1) is 16.1. The first-order valence-corrected chi connectivity index (χ1v) is 11.5. The minimum absolute atomic E-state index is 0.226. The van der Waals surface area contributed by atoms with E-state index in [0.717, 1.165) is 66.8 Å². The largest absolute Gasteiger partial charge is 0.393 e. The molecule has 2 aliphatic rings. The first kappa shape index (κ1) is 21.6. The van der Waals surface area contributed by atoms with Crippen LogP contribution >= 0.6 is 0 Å². The summed E-state index contributed by atoms with van der Waals surface area (Å²) in [5.41, 5.74) is 4.13. The third-order valence-electron chi connectivity index (χ3n) is 6.46. The molecule has 0 radical (unpaired) electrons. The van der Waals surface area contributed by atoms with Gasteiger partial charge in [0.1, 0.15) is 0 Å². The lowest BCUT2D eigenvalue weighted by atomic mass is 9.84. The Hall–Kier alpha value is -3.24. The summed E-state index contributed by atoms with van der Waals surface area (Å²) in [5.74, 6) is 0.913. The maximum atomic E-state index is 11.6. The van der Waals surface area contributed by atoms with Crippen molar-refractivity contribution in [3.63, 3.8) is 0 Å². The number of aliphatic hydroxyl groups is 1. The van der Waals surface area contributed by atoms with Crippen LogP contribution in [0.15, 0.2) is 24.3 Å². The van der Waals surface area contributed by atoms with Crippen molar-refractivity contribution in [2.75, 3.05) is 43.6 Å². The average Bonchev–Trinajstić information content (AvgIpc) is 3.29. The number of aliphatic hydroxyl groups excluding tert-OH is 1. The van der Waals surface area contributed by atoms with E-state index < -0.39 is 0 Å². The number of benzene rings is 1. The van der Waals surface area contributed by atoms with Crippen molar-refractivity contribution < 1.29 is 14.6 Å². The molecular formula is C23H29N7O3. The highest BCUT2D eigenvalue weighted by molar-refractivity contribution is 5.94. The molecular weight excluding hydrogens is 422 g/mol. The van der Waals surface area contributed by atoms with Gasteiger partial charge in [0.25, 0.3) is 0 Å². The smallest absolute Gasteiger partial charge is 0.318 e. The van der Waals surface area contributed by atoms with Crippen LogP contribution in [0.25, 0.3) is 22.3 Å². The molecule has 5 rings (SSSR count). The SMILES string of the molecule is CNC(=O)Nc1ccc(-c2nc(N3CCOCC3)nc3[nH]nc(C4CCC(O)CC4)c23)cc1. The van der Waals surface area contributed by atoms with Crippen molar-refractivity contribution in [2.24, 2.45) is 0 Å². The van der Waals surface area contributed by atoms with E-state index in [1.54, 1.807) is 7.05 Å². The zero-order chi connectivity index (χ0) is 22.8. The summed E-state index contributed by atoms with van der Waals surface area (Å²) in [6, 6.07) is 7.38. The van der Waals surface area contributed by atoms with Crippen LogP contribution in [0, 0.1) is 0 Å². The number of nitrogens with one attached hydrogen (secondary N) is 3. The topological polar surface area (TPSA) is 128 Å². The molecule has 1 aliphatic heterocycles. The number of amides is 2. The predicted octanol–water partition coefficient (Wildman–Crippen LogP) is 2.63. The van der Waals surface area contributed by atoms with Gasteiger partial charge in [-0.2, -0.15) is 10.1 Å². The monoisotopic (exact) mass is 451 g/mol. The molecule has 10 nitrogen and oxygen atoms in total. The summed E-state index contributed by atoms with van der Waals surface area (Å²) in [7, 11) is 1.58. The molecule has 0 bridgehead atoms. The lowest BCUT2D eigenvalue weighted by Crippen LogP contribution is -2.37. The van der Waals surface area contributed by atoms with Gasteiger partial charge in [0.15, 0.2) is 5.65 Å². The van der Waals surface area contributed by atoms with Crippen LogP contribution in [0.3, 0.4) is 0 Å². The van der Waals surface area contributed by atoms with Gasteiger partial charge in [-0.3, -0.25) is 5.10 Å². The van der Waals surface area contributed by atoms with E-state index in [1.165, 1.54) is 0 Å². The fourth-order valence-corrected chi connectivity index (χ4v) is 4.60. The highest BCUT2D eigenvalue weighted by atomic mass is 16.5. The van der Waals surface area contributed by atoms with Crippen molar-refractivity contribution in [1.82, 2.24) is 25.5 Å². The number of aromatic nitrogens is 4. The minimum Gasteiger partial charge on any atom is -0.393 e. The summed E-state index contributed by atoms with van der Waals surface area (Å²) in [4.78, 5) is 23.6. The zero-order valence-corrected chi connectivity index (χ0v) is 18.7. The lowest BCUT2D eigenvalue weighted by Gasteiger charge is -2.27. The van der Waals surface area contributed by atoms with E-state index in [4.69, 9.17) is 14.7 Å². The Labute approximate surface area is 191 Å². The summed E-state index contributed by atoms with van der Waals surface area (Å²) in [5, 5.41) is 24.0. The number of ether oxygens (including phenoxy) is 1. The third-order valence-corrected chi connectivity index (χ3v) is 6.46. The fourth-order valence-electron chi connectivity index (χ4n) is 4.60. The van der Waals surface area contributed by atoms with Crippen LogP contribution < -0.4 is 15.5 Å². The molecule has 0 spiro atoms. The molecule has 3 aromatic rings. The van der Waals surface area contributed by atoms with Gasteiger partial charge in [-0.1, -0.05) is 12.1 Å². The standard InChI is InChI=1S/C23H29N7O3/c1-24-23(32)25-16-6-2-14(3-7-16)19-18-20(15-4-8-17(31)9-5-15)28-29-21(18)27-22(26-19)30-10-12-33-13-11-30/h2-3,6-7,15,17,31H,4-5,8-13H2,1H3,(H2,24,25,32)(H,26,27,28,29). The molecule has 33 heavy (non-hydrogen) atoms. The Kier molecular flexibility index (Phi) is 6.10. The number of hydrogen-bond acceptors (Lipinski definition) is 7. The van der Waals surface area contributed by atoms with Crippen LogP contribution in [0.5, 0.6) is 0 Å². The van der Waals surface area contributed by atoms with Crippen LogP contribution in [-0.4, -0.2) is 70.8 Å². The Morgan fingerprint density at radius 1 is 1.12 bits per heavy atom. The Morgan fingerprint density at radius 3 is 2.55 bits per heavy atom. The summed E-state index contributed by atoms with van der Waals surface area (Å²) < 4.78 is 5.49. The maximum absolute atomic E-state index is 11.6. The molecule has 3 heterocycles. The highest BCUT2D eigenvalue weighted by Crippen LogP contribution is 2.39. The van der Waals surface area contributed by atoms with Gasteiger partial charge in [-0.05, 0) is 37.8 Å². The first-order valence-electron chi connectivity index (χ1n) is 11.5. The molecule has 4 N–H and O–H groups in total. The van der Waals surface area contributed by atoms with E-state index >= 15 is 0 Å². The number of morpholine rings is 1. The number of aromatic amines is 1. The second-order valence-electron chi connectivity index (χ2n) is 8.59. The van der Waals surface area contributed by atoms with Gasteiger partial charge in [0.05, 0.1) is 36.1 Å². The minimum atomic E-state index is -0.265. The maximum Gasteiger partial charge on any atom is 0.318 e. The number of rotatable bonds is 4. The van der Waals surface area contributed by atoms with Crippen LogP contribution in [0.1, 0.15) is 37.3 Å². The van der Waals surface area contributed by atoms with Gasteiger partial charge in [-0.25, -0.2) is 9.78 Å². The number of carbonyl (C=O) groups excluding carboxylic acids is 1. The van der Waals surface area contributed by atoms with E-state index in [9.17, 15) is 9.90 Å². The number of anilines is 2. The van der Waals surface area contributed by atoms with Crippen LogP contribution in [0.4, 0.5) is 16.4 Å². The summed E-state index contributed by atoms with van der Waals surface area (Å²) in [6.07, 6.45) is 3.11. The lowest BCUT2D eigenvalue weighted by molar-refractivity contribution is 0.122. The average molecular weight is 452 g/mol. The number of fused-ring (bicyclic) bond motifs is 1. The van der Waals surface area contributed by atoms with Crippen molar-refractivity contribution >= 4 is 28.7 Å². The molecule has 2 aromatic heterocycles. The number of H-pyrrole nitrogens is 1. The molecule has 10 heteroatoms. The molecule has 0 unspecified atom stereocenters. The fraction of sp³-hybridized carbons (Fsp3) is 0.478. The third kappa shape index (κ3) is 4.49. The van der Waals surface area contributed by atoms with Gasteiger partial charge in [-0.15, -0.1) is 0 Å². The van der Waals surface area contributed by atoms with Crippen LogP contribution in [-0.2, 0) is 4.74 Å². The molecule has 0 atom stereocenters. The molecule has 2 amide bonds. The van der Waals surface area contributed by atoms with Crippen molar-refractivity contribution in [1.29, 1.82) is 0 Å². The van der Waals surface area contributed by atoms with E-state index in [2.05, 4.69) is 25.7 Å². The summed E-state index contributed by atoms with van der Waals surface area (Å²) in [6.45, 7) is 2.77. The van der Waals surface area contributed by atoms with E-state index in [1.807, 2.05) is 24.3 Å². The second kappa shape index (κ2) is 9.32. The Morgan fingerprint density at radius 2 is 1.85 bits per heavy atom. The predicted molar refractivity (Wildman–Crippen MR) is 125 cm³/mol. The van der Waals surface area contributed by atoms with Gasteiger partial charge in [0.2, 0.25) is 5.95 Å². The van der Waals surface area contributed by atoms with Crippen molar-refractivity contribution in [3.8, 4) is 11.3 Å². The normalized spacial score (nSPS) is 21.2. The van der Waals surface area contributed by atoms with Crippen LogP contribution in [0.2, 0.25) is 0 Å². The van der Waals surface area contributed by atoms with E-state index in [0.29, 0.717) is 24.8 Å². The molecule has 174 valence electrons. The molecule has 1 aliphatic carbocycles. The van der Waals surface area contributed by atoms with Gasteiger partial charge < -0.3 is 25.4 Å². The number of nitrogens with zero attached hydrogens (tertiary/aromatic N) is 4. The molecule has 2 fully saturated rings. The number of carbonyl (C=O) groups is 1. The Balaban J connectivity index is 1.57. The molecule has 1 saturated carbocycles. The highest BCUT2D eigenvalue weighted by Gasteiger charge is 2.28. The molecule has 1 aromatic carbocycles. The second-order valence-corrected chi connectivity index (χ2v) is 8.59. The van der Waals surface area contributed by atoms with Gasteiger partial charge in [0, 0.05) is 37.3 Å². The zero-order valence-electron chi connectivity index (χ0n) is 18.7. The number of urea groups is 1. The summed E-state index contributed by atoms with van der Waals surface area (Å²) >= 11 is 0. The number of hydrogen-bond donors (Lipinski definition) is 4. The van der Waals surface area contributed by atoms with E-state index in [-0.39, 0.29) is 18.1 Å². The van der Waals surface area contributed by atoms with Crippen molar-refractivity contribution in [3.05, 3.63) is 30.0 Å². The Bertz CT molecular complexity index is 1120. The quantitative estimate of drug-likeness (QED) is 0.480.